The highest BCUT2D eigenvalue weighted by atomic mass is 79.9. The zero-order valence-corrected chi connectivity index (χ0v) is 13.3. The third-order valence-corrected chi connectivity index (χ3v) is 4.21. The van der Waals surface area contributed by atoms with Crippen LogP contribution in [0.3, 0.4) is 0 Å². The molecule has 1 atom stereocenters. The van der Waals surface area contributed by atoms with E-state index in [2.05, 4.69) is 26.4 Å². The summed E-state index contributed by atoms with van der Waals surface area (Å²) in [4.78, 5) is 0. The fourth-order valence-electron chi connectivity index (χ4n) is 2.07. The number of halogens is 1. The summed E-state index contributed by atoms with van der Waals surface area (Å²) in [5.41, 5.74) is 8.99. The van der Waals surface area contributed by atoms with Crippen molar-refractivity contribution < 1.29 is 5.21 Å². The van der Waals surface area contributed by atoms with Gasteiger partial charge in [0.15, 0.2) is 0 Å². The Hall–Kier alpha value is -2.01. The van der Waals surface area contributed by atoms with Gasteiger partial charge in [0, 0.05) is 16.7 Å². The molecule has 0 saturated heterocycles. The summed E-state index contributed by atoms with van der Waals surface area (Å²) in [5, 5.41) is 15.5. The number of nitrogens with two attached hydrogens (primary N) is 1. The summed E-state index contributed by atoms with van der Waals surface area (Å²) in [7, 11) is 0. The molecule has 2 aromatic rings. The van der Waals surface area contributed by atoms with Gasteiger partial charge in [0.2, 0.25) is 0 Å². The van der Waals surface area contributed by atoms with Crippen LogP contribution in [0.1, 0.15) is 17.0 Å². The van der Waals surface area contributed by atoms with Crippen LogP contribution in [0.2, 0.25) is 0 Å². The Bertz CT molecular complexity index is 629. The molecule has 0 heterocycles. The van der Waals surface area contributed by atoms with Crippen LogP contribution in [0, 0.1) is 6.92 Å². The van der Waals surface area contributed by atoms with Crippen molar-refractivity contribution in [3.05, 3.63) is 64.1 Å². The monoisotopic (exact) mass is 347 g/mol. The first-order valence-corrected chi connectivity index (χ1v) is 7.43. The maximum absolute atomic E-state index is 8.97. The minimum absolute atomic E-state index is 0.184. The molecule has 4 nitrogen and oxygen atoms in total. The van der Waals surface area contributed by atoms with Gasteiger partial charge in [-0.2, -0.15) is 0 Å². The topological polar surface area (TPSA) is 70.6 Å². The zero-order valence-electron chi connectivity index (χ0n) is 11.8. The van der Waals surface area contributed by atoms with Crippen molar-refractivity contribution in [1.82, 2.24) is 0 Å². The lowest BCUT2D eigenvalue weighted by molar-refractivity contribution is 0.316. The van der Waals surface area contributed by atoms with E-state index in [0.29, 0.717) is 6.54 Å². The number of hydrogen-bond donors (Lipinski definition) is 3. The summed E-state index contributed by atoms with van der Waals surface area (Å²) in [6.07, 6.45) is 0. The summed E-state index contributed by atoms with van der Waals surface area (Å²) >= 11 is 3.51. The van der Waals surface area contributed by atoms with Crippen molar-refractivity contribution in [2.24, 2.45) is 10.9 Å². The van der Waals surface area contributed by atoms with Crippen LogP contribution >= 0.6 is 15.9 Å². The van der Waals surface area contributed by atoms with Gasteiger partial charge in [-0.1, -0.05) is 57.5 Å². The maximum Gasteiger partial charge on any atom is 0.148 e. The largest absolute Gasteiger partial charge is 0.409 e. The summed E-state index contributed by atoms with van der Waals surface area (Å²) in [6, 6.07) is 15.8. The van der Waals surface area contributed by atoms with Crippen molar-refractivity contribution in [1.29, 1.82) is 0 Å². The second-order valence-corrected chi connectivity index (χ2v) is 5.69. The van der Waals surface area contributed by atoms with Crippen LogP contribution in [-0.2, 0) is 0 Å². The molecule has 0 fully saturated rings. The number of rotatable bonds is 5. The van der Waals surface area contributed by atoms with Gasteiger partial charge in [-0.3, -0.25) is 0 Å². The van der Waals surface area contributed by atoms with Crippen LogP contribution in [-0.4, -0.2) is 17.6 Å². The number of aryl methyl sites for hydroxylation is 1. The van der Waals surface area contributed by atoms with Crippen molar-refractivity contribution in [3.63, 3.8) is 0 Å². The van der Waals surface area contributed by atoms with E-state index < -0.39 is 0 Å². The number of hydrogen-bond acceptors (Lipinski definition) is 3. The van der Waals surface area contributed by atoms with Crippen molar-refractivity contribution in [2.45, 2.75) is 12.8 Å². The first kappa shape index (κ1) is 15.4. The predicted octanol–water partition coefficient (Wildman–Crippen LogP) is 3.70. The van der Waals surface area contributed by atoms with Gasteiger partial charge >= 0.3 is 0 Å². The number of anilines is 1. The molecule has 0 amide bonds. The average molecular weight is 348 g/mol. The lowest BCUT2D eigenvalue weighted by Gasteiger charge is -2.17. The molecule has 0 aliphatic rings. The second kappa shape index (κ2) is 7.13. The first-order chi connectivity index (χ1) is 10.1. The van der Waals surface area contributed by atoms with E-state index in [0.717, 1.165) is 15.7 Å². The second-order valence-electron chi connectivity index (χ2n) is 4.83. The standard InChI is InChI=1S/C16H18BrN3O/c1-11-7-8-13(9-15(11)17)19-10-14(16(18)20-21)12-5-3-2-4-6-12/h2-9,14,19,21H,10H2,1H3,(H2,18,20). The molecule has 1 unspecified atom stereocenters. The number of oxime groups is 1. The SMILES string of the molecule is Cc1ccc(NCC(C(N)=NO)c2ccccc2)cc1Br. The highest BCUT2D eigenvalue weighted by Gasteiger charge is 2.16. The van der Waals surface area contributed by atoms with Crippen LogP contribution in [0.15, 0.2) is 58.2 Å². The van der Waals surface area contributed by atoms with E-state index in [1.807, 2.05) is 55.5 Å². The van der Waals surface area contributed by atoms with E-state index in [-0.39, 0.29) is 11.8 Å². The molecule has 0 saturated carbocycles. The Morgan fingerprint density at radius 2 is 2.00 bits per heavy atom. The minimum Gasteiger partial charge on any atom is -0.409 e. The number of benzene rings is 2. The van der Waals surface area contributed by atoms with Crippen molar-refractivity contribution >= 4 is 27.5 Å². The maximum atomic E-state index is 8.97. The average Bonchev–Trinajstić information content (AvgIpc) is 2.51. The van der Waals surface area contributed by atoms with Crippen molar-refractivity contribution in [3.8, 4) is 0 Å². The Labute approximate surface area is 132 Å². The Balaban J connectivity index is 2.15. The molecular formula is C16H18BrN3O. The lowest BCUT2D eigenvalue weighted by atomic mass is 9.98. The van der Waals surface area contributed by atoms with Crippen LogP contribution < -0.4 is 11.1 Å². The molecule has 2 rings (SSSR count). The predicted molar refractivity (Wildman–Crippen MR) is 90.0 cm³/mol. The molecule has 0 spiro atoms. The third kappa shape index (κ3) is 3.98. The van der Waals surface area contributed by atoms with Gasteiger partial charge < -0.3 is 16.3 Å². The van der Waals surface area contributed by atoms with Crippen LogP contribution in [0.25, 0.3) is 0 Å². The summed E-state index contributed by atoms with van der Waals surface area (Å²) in [6.45, 7) is 2.59. The Morgan fingerprint density at radius 3 is 2.62 bits per heavy atom. The molecule has 0 bridgehead atoms. The van der Waals surface area contributed by atoms with Crippen molar-refractivity contribution in [2.75, 3.05) is 11.9 Å². The van der Waals surface area contributed by atoms with E-state index >= 15 is 0 Å². The van der Waals surface area contributed by atoms with E-state index in [1.165, 1.54) is 5.56 Å². The van der Waals surface area contributed by atoms with Crippen LogP contribution in [0.4, 0.5) is 5.69 Å². The van der Waals surface area contributed by atoms with Crippen LogP contribution in [0.5, 0.6) is 0 Å². The fraction of sp³-hybridized carbons (Fsp3) is 0.188. The molecule has 0 aliphatic heterocycles. The van der Waals surface area contributed by atoms with E-state index in [9.17, 15) is 0 Å². The minimum atomic E-state index is -0.184. The molecular weight excluding hydrogens is 330 g/mol. The van der Waals surface area contributed by atoms with Gasteiger partial charge in [-0.15, -0.1) is 0 Å². The van der Waals surface area contributed by atoms with Gasteiger partial charge in [0.25, 0.3) is 0 Å². The molecule has 4 N–H and O–H groups in total. The van der Waals surface area contributed by atoms with Gasteiger partial charge in [0.05, 0.1) is 5.92 Å². The molecule has 0 aromatic heterocycles. The molecule has 21 heavy (non-hydrogen) atoms. The number of nitrogens with zero attached hydrogens (tertiary/aromatic N) is 1. The third-order valence-electron chi connectivity index (χ3n) is 3.36. The zero-order chi connectivity index (χ0) is 15.2. The molecule has 0 aliphatic carbocycles. The molecule has 110 valence electrons. The smallest absolute Gasteiger partial charge is 0.148 e. The fourth-order valence-corrected chi connectivity index (χ4v) is 2.45. The number of nitrogens with one attached hydrogen (secondary N) is 1. The summed E-state index contributed by atoms with van der Waals surface area (Å²) < 4.78 is 1.05. The molecule has 5 heteroatoms. The quantitative estimate of drug-likeness (QED) is 0.334. The highest BCUT2D eigenvalue weighted by Crippen LogP contribution is 2.22. The molecule has 0 radical (unpaired) electrons. The Kier molecular flexibility index (Phi) is 5.22. The van der Waals surface area contributed by atoms with E-state index in [4.69, 9.17) is 10.9 Å². The van der Waals surface area contributed by atoms with Gasteiger partial charge in [0.1, 0.15) is 5.84 Å². The van der Waals surface area contributed by atoms with E-state index in [1.54, 1.807) is 0 Å². The Morgan fingerprint density at radius 1 is 1.29 bits per heavy atom. The first-order valence-electron chi connectivity index (χ1n) is 6.64. The molecule has 2 aromatic carbocycles. The normalized spacial score (nSPS) is 13.0. The van der Waals surface area contributed by atoms with Gasteiger partial charge in [-0.25, -0.2) is 0 Å². The summed E-state index contributed by atoms with van der Waals surface area (Å²) in [5.74, 6) is 0.0103. The number of amidine groups is 1. The van der Waals surface area contributed by atoms with Gasteiger partial charge in [-0.05, 0) is 30.2 Å². The lowest BCUT2D eigenvalue weighted by Crippen LogP contribution is -2.28. The highest BCUT2D eigenvalue weighted by molar-refractivity contribution is 9.10.